The molecule has 0 aliphatic carbocycles. The lowest BCUT2D eigenvalue weighted by atomic mass is 10.3. The predicted molar refractivity (Wildman–Crippen MR) is 71.3 cm³/mol. The van der Waals surface area contributed by atoms with E-state index in [1.807, 2.05) is 7.05 Å². The average Bonchev–Trinajstić information content (AvgIpc) is 2.35. The molecule has 4 nitrogen and oxygen atoms in total. The van der Waals surface area contributed by atoms with Crippen LogP contribution in [-0.2, 0) is 6.54 Å². The zero-order valence-electron chi connectivity index (χ0n) is 9.65. The highest BCUT2D eigenvalue weighted by atomic mass is 35.5. The van der Waals surface area contributed by atoms with Crippen molar-refractivity contribution in [2.45, 2.75) is 6.54 Å². The third-order valence-electron chi connectivity index (χ3n) is 2.15. The largest absolute Gasteiger partial charge is 0.436 e. The fourth-order valence-electron chi connectivity index (χ4n) is 1.34. The molecule has 0 spiro atoms. The summed E-state index contributed by atoms with van der Waals surface area (Å²) < 4.78 is 5.51. The molecule has 0 saturated heterocycles. The van der Waals surface area contributed by atoms with Gasteiger partial charge in [0.1, 0.15) is 5.75 Å². The van der Waals surface area contributed by atoms with E-state index in [9.17, 15) is 0 Å². The molecular weight excluding hydrogens is 273 g/mol. The van der Waals surface area contributed by atoms with E-state index in [0.29, 0.717) is 28.2 Å². The van der Waals surface area contributed by atoms with Crippen LogP contribution < -0.4 is 10.1 Å². The quantitative estimate of drug-likeness (QED) is 0.935. The molecular formula is C12H11Cl2N3O. The van der Waals surface area contributed by atoms with Gasteiger partial charge in [-0.1, -0.05) is 23.2 Å². The van der Waals surface area contributed by atoms with E-state index in [1.165, 1.54) is 0 Å². The monoisotopic (exact) mass is 283 g/mol. The summed E-state index contributed by atoms with van der Waals surface area (Å²) in [6.07, 6.45) is 3.20. The van der Waals surface area contributed by atoms with Crippen molar-refractivity contribution in [2.75, 3.05) is 7.05 Å². The molecule has 0 amide bonds. The van der Waals surface area contributed by atoms with Crippen LogP contribution in [0.2, 0.25) is 10.0 Å². The third-order valence-corrected chi connectivity index (χ3v) is 2.68. The molecule has 0 atom stereocenters. The summed E-state index contributed by atoms with van der Waals surface area (Å²) in [5.74, 6) is 0.885. The summed E-state index contributed by atoms with van der Waals surface area (Å²) in [6.45, 7) is 0.662. The Morgan fingerprint density at radius 3 is 2.67 bits per heavy atom. The first-order valence-corrected chi connectivity index (χ1v) is 6.03. The number of nitrogens with one attached hydrogen (secondary N) is 1. The van der Waals surface area contributed by atoms with Crippen LogP contribution in [0, 0.1) is 0 Å². The first-order valence-electron chi connectivity index (χ1n) is 5.27. The molecule has 6 heteroatoms. The standard InChI is InChI=1S/C12H11Cl2N3O/c1-15-5-9-6-17-12(7-16-9)18-11-3-2-8(13)4-10(11)14/h2-4,6-7,15H,5H2,1H3. The number of halogens is 2. The zero-order valence-corrected chi connectivity index (χ0v) is 11.2. The van der Waals surface area contributed by atoms with Crippen molar-refractivity contribution >= 4 is 23.2 Å². The van der Waals surface area contributed by atoms with E-state index in [2.05, 4.69) is 15.3 Å². The number of hydrogen-bond donors (Lipinski definition) is 1. The van der Waals surface area contributed by atoms with E-state index in [1.54, 1.807) is 30.6 Å². The highest BCUT2D eigenvalue weighted by molar-refractivity contribution is 6.35. The van der Waals surface area contributed by atoms with Crippen LogP contribution in [0.4, 0.5) is 0 Å². The molecule has 0 radical (unpaired) electrons. The summed E-state index contributed by atoms with van der Waals surface area (Å²) in [4.78, 5) is 8.33. The van der Waals surface area contributed by atoms with Crippen LogP contribution in [0.5, 0.6) is 11.6 Å². The third kappa shape index (κ3) is 3.32. The summed E-state index contributed by atoms with van der Waals surface area (Å²) in [6, 6.07) is 5.00. The van der Waals surface area contributed by atoms with Crippen LogP contribution in [-0.4, -0.2) is 17.0 Å². The second kappa shape index (κ2) is 6.00. The minimum atomic E-state index is 0.388. The van der Waals surface area contributed by atoms with E-state index < -0.39 is 0 Å². The van der Waals surface area contributed by atoms with Crippen LogP contribution in [0.25, 0.3) is 0 Å². The zero-order chi connectivity index (χ0) is 13.0. The molecule has 0 aliphatic rings. The molecule has 1 N–H and O–H groups in total. The smallest absolute Gasteiger partial charge is 0.237 e. The molecule has 1 aromatic carbocycles. The Labute approximate surface area is 115 Å². The first-order chi connectivity index (χ1) is 8.69. The lowest BCUT2D eigenvalue weighted by Crippen LogP contribution is -2.07. The second-order valence-corrected chi connectivity index (χ2v) is 4.40. The Hall–Kier alpha value is -1.36. The Morgan fingerprint density at radius 2 is 2.06 bits per heavy atom. The molecule has 0 unspecified atom stereocenters. The summed E-state index contributed by atoms with van der Waals surface area (Å²) in [5.41, 5.74) is 0.840. The van der Waals surface area contributed by atoms with Crippen molar-refractivity contribution < 1.29 is 4.74 Å². The summed E-state index contributed by atoms with van der Waals surface area (Å²) in [5, 5.41) is 3.98. The van der Waals surface area contributed by atoms with Gasteiger partial charge in [-0.3, -0.25) is 4.98 Å². The molecule has 1 heterocycles. The molecule has 0 aliphatic heterocycles. The van der Waals surface area contributed by atoms with Gasteiger partial charge in [0.05, 0.1) is 23.1 Å². The van der Waals surface area contributed by atoms with E-state index >= 15 is 0 Å². The normalized spacial score (nSPS) is 10.4. The summed E-state index contributed by atoms with van der Waals surface area (Å²) >= 11 is 11.8. The van der Waals surface area contributed by atoms with Crippen molar-refractivity contribution in [3.05, 3.63) is 46.3 Å². The van der Waals surface area contributed by atoms with E-state index in [4.69, 9.17) is 27.9 Å². The minimum Gasteiger partial charge on any atom is -0.436 e. The maximum Gasteiger partial charge on any atom is 0.237 e. The van der Waals surface area contributed by atoms with Gasteiger partial charge in [0.15, 0.2) is 0 Å². The van der Waals surface area contributed by atoms with Crippen LogP contribution in [0.1, 0.15) is 5.69 Å². The van der Waals surface area contributed by atoms with Gasteiger partial charge >= 0.3 is 0 Å². The SMILES string of the molecule is CNCc1cnc(Oc2ccc(Cl)cc2Cl)cn1. The molecule has 18 heavy (non-hydrogen) atoms. The van der Waals surface area contributed by atoms with Crippen LogP contribution in [0.15, 0.2) is 30.6 Å². The second-order valence-electron chi connectivity index (χ2n) is 3.55. The van der Waals surface area contributed by atoms with Gasteiger partial charge in [0, 0.05) is 11.6 Å². The number of ether oxygens (including phenoxy) is 1. The molecule has 0 fully saturated rings. The van der Waals surface area contributed by atoms with Crippen molar-refractivity contribution in [1.82, 2.24) is 15.3 Å². The number of rotatable bonds is 4. The minimum absolute atomic E-state index is 0.388. The molecule has 0 bridgehead atoms. The van der Waals surface area contributed by atoms with Crippen molar-refractivity contribution in [2.24, 2.45) is 0 Å². The lowest BCUT2D eigenvalue weighted by Gasteiger charge is -2.07. The Morgan fingerprint density at radius 1 is 1.22 bits per heavy atom. The van der Waals surface area contributed by atoms with Gasteiger partial charge in [-0.25, -0.2) is 4.98 Å². The van der Waals surface area contributed by atoms with Crippen molar-refractivity contribution in [1.29, 1.82) is 0 Å². The summed E-state index contributed by atoms with van der Waals surface area (Å²) in [7, 11) is 1.85. The van der Waals surface area contributed by atoms with E-state index in [-0.39, 0.29) is 0 Å². The highest BCUT2D eigenvalue weighted by Crippen LogP contribution is 2.30. The van der Waals surface area contributed by atoms with E-state index in [0.717, 1.165) is 5.69 Å². The van der Waals surface area contributed by atoms with Gasteiger partial charge in [0.25, 0.3) is 0 Å². The Kier molecular flexibility index (Phi) is 4.36. The molecule has 0 saturated carbocycles. The van der Waals surface area contributed by atoms with Crippen molar-refractivity contribution in [3.8, 4) is 11.6 Å². The van der Waals surface area contributed by atoms with Gasteiger partial charge in [-0.05, 0) is 25.2 Å². The molecule has 1 aromatic heterocycles. The Balaban J connectivity index is 2.13. The lowest BCUT2D eigenvalue weighted by molar-refractivity contribution is 0.459. The topological polar surface area (TPSA) is 47.0 Å². The van der Waals surface area contributed by atoms with Crippen LogP contribution >= 0.6 is 23.2 Å². The van der Waals surface area contributed by atoms with Gasteiger partial charge in [0.2, 0.25) is 5.88 Å². The highest BCUT2D eigenvalue weighted by Gasteiger charge is 2.05. The number of benzene rings is 1. The average molecular weight is 284 g/mol. The predicted octanol–water partition coefficient (Wildman–Crippen LogP) is 3.30. The first kappa shape index (κ1) is 13.1. The Bertz CT molecular complexity index is 531. The number of aromatic nitrogens is 2. The van der Waals surface area contributed by atoms with Gasteiger partial charge < -0.3 is 10.1 Å². The maximum absolute atomic E-state index is 5.99. The fourth-order valence-corrected chi connectivity index (χ4v) is 1.79. The van der Waals surface area contributed by atoms with Gasteiger partial charge in [-0.15, -0.1) is 0 Å². The fraction of sp³-hybridized carbons (Fsp3) is 0.167. The van der Waals surface area contributed by atoms with Crippen molar-refractivity contribution in [3.63, 3.8) is 0 Å². The van der Waals surface area contributed by atoms with Gasteiger partial charge in [-0.2, -0.15) is 0 Å². The van der Waals surface area contributed by atoms with Crippen LogP contribution in [0.3, 0.4) is 0 Å². The number of hydrogen-bond acceptors (Lipinski definition) is 4. The molecule has 94 valence electrons. The molecule has 2 aromatic rings. The maximum atomic E-state index is 5.99. The molecule has 2 rings (SSSR count). The number of nitrogens with zero attached hydrogens (tertiary/aromatic N) is 2.